The van der Waals surface area contributed by atoms with Gasteiger partial charge in [-0.3, -0.25) is 14.9 Å². The number of sulfonamides is 1. The second kappa shape index (κ2) is 7.79. The van der Waals surface area contributed by atoms with Crippen LogP contribution < -0.4 is 10.5 Å². The zero-order valence-electron chi connectivity index (χ0n) is 15.5. The number of morpholine rings is 1. The van der Waals surface area contributed by atoms with Crippen LogP contribution in [0.2, 0.25) is 0 Å². The smallest absolute Gasteiger partial charge is 0.293 e. The summed E-state index contributed by atoms with van der Waals surface area (Å²) in [5.41, 5.74) is -0.757. The van der Waals surface area contributed by atoms with Crippen LogP contribution in [0.15, 0.2) is 23.1 Å². The standard InChI is InChI=1S/C16H24N4O6S/c1-16(2,3)15(21)19-6-7-26-11(10-19)9-18-13-5-4-12(27(17,24)25)8-14(13)20(22)23/h4-5,8,11,18H,6-7,9-10H2,1-3H3,(H2,17,24,25). The number of benzene rings is 1. The predicted molar refractivity (Wildman–Crippen MR) is 98.7 cm³/mol. The van der Waals surface area contributed by atoms with E-state index in [1.54, 1.807) is 4.90 Å². The molecule has 1 aromatic rings. The maximum Gasteiger partial charge on any atom is 0.293 e. The first-order valence-electron chi connectivity index (χ1n) is 8.35. The minimum absolute atomic E-state index is 0.0132. The lowest BCUT2D eigenvalue weighted by atomic mass is 9.94. The minimum atomic E-state index is -4.04. The molecule has 10 nitrogen and oxygen atoms in total. The summed E-state index contributed by atoms with van der Waals surface area (Å²) in [4.78, 5) is 24.3. The third kappa shape index (κ3) is 5.37. The molecule has 3 N–H and O–H groups in total. The fourth-order valence-corrected chi connectivity index (χ4v) is 3.25. The number of carbonyl (C=O) groups is 1. The third-order valence-electron chi connectivity index (χ3n) is 4.08. The number of amides is 1. The summed E-state index contributed by atoms with van der Waals surface area (Å²) in [6.45, 7) is 6.99. The number of primary sulfonamides is 1. The Balaban J connectivity index is 2.10. The average molecular weight is 400 g/mol. The summed E-state index contributed by atoms with van der Waals surface area (Å²) in [7, 11) is -4.04. The fraction of sp³-hybridized carbons (Fsp3) is 0.562. The number of hydrogen-bond acceptors (Lipinski definition) is 7. The minimum Gasteiger partial charge on any atom is -0.377 e. The Bertz CT molecular complexity index is 834. The SMILES string of the molecule is CC(C)(C)C(=O)N1CCOC(CNc2ccc(S(N)(=O)=O)cc2[N+](=O)[O-])C1. The molecule has 2 rings (SSSR count). The summed E-state index contributed by atoms with van der Waals surface area (Å²) < 4.78 is 28.4. The van der Waals surface area contributed by atoms with Gasteiger partial charge in [0.25, 0.3) is 5.69 Å². The van der Waals surface area contributed by atoms with E-state index in [0.717, 1.165) is 6.07 Å². The summed E-state index contributed by atoms with van der Waals surface area (Å²) >= 11 is 0. The van der Waals surface area contributed by atoms with Gasteiger partial charge in [0.2, 0.25) is 15.9 Å². The Kier molecular flexibility index (Phi) is 6.07. The van der Waals surface area contributed by atoms with E-state index in [-0.39, 0.29) is 29.1 Å². The molecule has 0 bridgehead atoms. The highest BCUT2D eigenvalue weighted by Gasteiger charge is 2.31. The van der Waals surface area contributed by atoms with Crippen molar-refractivity contribution in [2.75, 3.05) is 31.6 Å². The molecule has 11 heteroatoms. The molecule has 1 atom stereocenters. The van der Waals surface area contributed by atoms with E-state index >= 15 is 0 Å². The number of hydrogen-bond donors (Lipinski definition) is 2. The van der Waals surface area contributed by atoms with Gasteiger partial charge in [0.05, 0.1) is 22.5 Å². The molecule has 0 radical (unpaired) electrons. The number of nitrogens with one attached hydrogen (secondary N) is 1. The Hall–Kier alpha value is -2.24. The molecular weight excluding hydrogens is 376 g/mol. The van der Waals surface area contributed by atoms with Gasteiger partial charge in [-0.05, 0) is 12.1 Å². The van der Waals surface area contributed by atoms with Crippen molar-refractivity contribution >= 4 is 27.3 Å². The molecule has 1 amide bonds. The molecule has 0 aromatic heterocycles. The van der Waals surface area contributed by atoms with E-state index in [1.807, 2.05) is 20.8 Å². The lowest BCUT2D eigenvalue weighted by Gasteiger charge is -2.36. The van der Waals surface area contributed by atoms with E-state index in [2.05, 4.69) is 5.32 Å². The molecule has 150 valence electrons. The van der Waals surface area contributed by atoms with Gasteiger partial charge in [-0.1, -0.05) is 20.8 Å². The number of nitrogens with two attached hydrogens (primary N) is 1. The quantitative estimate of drug-likeness (QED) is 0.552. The number of nitro benzene ring substituents is 1. The first kappa shape index (κ1) is 21.1. The van der Waals surface area contributed by atoms with E-state index in [0.29, 0.717) is 19.7 Å². The van der Waals surface area contributed by atoms with E-state index in [1.165, 1.54) is 12.1 Å². The van der Waals surface area contributed by atoms with Gasteiger partial charge in [0.15, 0.2) is 0 Å². The molecule has 0 saturated carbocycles. The van der Waals surface area contributed by atoms with Crippen LogP contribution >= 0.6 is 0 Å². The van der Waals surface area contributed by atoms with Crippen molar-refractivity contribution in [2.24, 2.45) is 10.6 Å². The molecule has 1 aliphatic rings. The molecule has 0 aliphatic carbocycles. The lowest BCUT2D eigenvalue weighted by molar-refractivity contribution is -0.384. The molecule has 1 unspecified atom stereocenters. The van der Waals surface area contributed by atoms with E-state index < -0.39 is 26.0 Å². The van der Waals surface area contributed by atoms with Crippen molar-refractivity contribution in [3.63, 3.8) is 0 Å². The Morgan fingerprint density at radius 1 is 1.44 bits per heavy atom. The number of nitrogens with zero attached hydrogens (tertiary/aromatic N) is 2. The van der Waals surface area contributed by atoms with Crippen LogP contribution in [0.25, 0.3) is 0 Å². The van der Waals surface area contributed by atoms with Gasteiger partial charge in [-0.15, -0.1) is 0 Å². The molecule has 27 heavy (non-hydrogen) atoms. The second-order valence-electron chi connectivity index (χ2n) is 7.36. The molecular formula is C16H24N4O6S. The number of anilines is 1. The highest BCUT2D eigenvalue weighted by Crippen LogP contribution is 2.27. The fourth-order valence-electron chi connectivity index (χ4n) is 2.71. The maximum atomic E-state index is 12.4. The largest absolute Gasteiger partial charge is 0.377 e. The van der Waals surface area contributed by atoms with Crippen molar-refractivity contribution in [3.8, 4) is 0 Å². The van der Waals surface area contributed by atoms with Crippen LogP contribution in [0.1, 0.15) is 20.8 Å². The number of rotatable bonds is 5. The number of nitro groups is 1. The van der Waals surface area contributed by atoms with Gasteiger partial charge in [0, 0.05) is 31.1 Å². The van der Waals surface area contributed by atoms with Crippen LogP contribution in [0, 0.1) is 15.5 Å². The molecule has 1 aromatic carbocycles. The van der Waals surface area contributed by atoms with E-state index in [4.69, 9.17) is 9.88 Å². The zero-order chi connectivity index (χ0) is 20.4. The van der Waals surface area contributed by atoms with Crippen LogP contribution in [-0.2, 0) is 19.6 Å². The van der Waals surface area contributed by atoms with Gasteiger partial charge in [0.1, 0.15) is 5.69 Å². The lowest BCUT2D eigenvalue weighted by Crippen LogP contribution is -2.51. The normalized spacial score (nSPS) is 18.2. The third-order valence-corrected chi connectivity index (χ3v) is 4.99. The maximum absolute atomic E-state index is 12.4. The topological polar surface area (TPSA) is 145 Å². The highest BCUT2D eigenvalue weighted by atomic mass is 32.2. The summed E-state index contributed by atoms with van der Waals surface area (Å²) in [6.07, 6.45) is -0.345. The second-order valence-corrected chi connectivity index (χ2v) is 8.92. The van der Waals surface area contributed by atoms with Crippen LogP contribution in [0.3, 0.4) is 0 Å². The van der Waals surface area contributed by atoms with Crippen molar-refractivity contribution in [1.82, 2.24) is 4.90 Å². The molecule has 1 saturated heterocycles. The monoisotopic (exact) mass is 400 g/mol. The Morgan fingerprint density at radius 3 is 2.67 bits per heavy atom. The summed E-state index contributed by atoms with van der Waals surface area (Å²) in [6, 6.07) is 3.40. The molecule has 1 heterocycles. The first-order valence-corrected chi connectivity index (χ1v) is 9.90. The summed E-state index contributed by atoms with van der Waals surface area (Å²) in [5, 5.41) is 19.2. The molecule has 1 aliphatic heterocycles. The van der Waals surface area contributed by atoms with Gasteiger partial charge in [-0.2, -0.15) is 0 Å². The molecule has 1 fully saturated rings. The van der Waals surface area contributed by atoms with Gasteiger partial charge >= 0.3 is 0 Å². The zero-order valence-corrected chi connectivity index (χ0v) is 16.3. The predicted octanol–water partition coefficient (Wildman–Crippen LogP) is 0.928. The van der Waals surface area contributed by atoms with Crippen molar-refractivity contribution < 1.29 is 22.9 Å². The average Bonchev–Trinajstić information content (AvgIpc) is 2.57. The van der Waals surface area contributed by atoms with Crippen molar-refractivity contribution in [3.05, 3.63) is 28.3 Å². The van der Waals surface area contributed by atoms with Crippen molar-refractivity contribution in [1.29, 1.82) is 0 Å². The number of carbonyl (C=O) groups excluding carboxylic acids is 1. The van der Waals surface area contributed by atoms with Crippen molar-refractivity contribution in [2.45, 2.75) is 31.8 Å². The summed E-state index contributed by atoms with van der Waals surface area (Å²) in [5.74, 6) is 0.0132. The Labute approximate surface area is 157 Å². The molecule has 0 spiro atoms. The van der Waals surface area contributed by atoms with E-state index in [9.17, 15) is 23.3 Å². The van der Waals surface area contributed by atoms with Crippen LogP contribution in [-0.4, -0.2) is 56.5 Å². The van der Waals surface area contributed by atoms with Crippen LogP contribution in [0.5, 0.6) is 0 Å². The Morgan fingerprint density at radius 2 is 2.11 bits per heavy atom. The van der Waals surface area contributed by atoms with Gasteiger partial charge in [-0.25, -0.2) is 13.6 Å². The first-order chi connectivity index (χ1) is 12.4. The van der Waals surface area contributed by atoms with Crippen LogP contribution in [0.4, 0.5) is 11.4 Å². The highest BCUT2D eigenvalue weighted by molar-refractivity contribution is 7.89. The number of ether oxygens (including phenoxy) is 1. The van der Waals surface area contributed by atoms with Gasteiger partial charge < -0.3 is 15.0 Å².